The fraction of sp³-hybridized carbons (Fsp3) is 0.529. The van der Waals surface area contributed by atoms with Gasteiger partial charge in [-0.05, 0) is 26.3 Å². The fourth-order valence-electron chi connectivity index (χ4n) is 2.77. The van der Waals surface area contributed by atoms with Gasteiger partial charge in [0.15, 0.2) is 10.9 Å². The number of carbonyl (C=O) groups excluding carboxylic acids is 2. The molecule has 0 atom stereocenters. The monoisotopic (exact) mass is 380 g/mol. The molecule has 0 bridgehead atoms. The maximum Gasteiger partial charge on any atom is 0.343 e. The Labute approximate surface area is 155 Å². The van der Waals surface area contributed by atoms with Crippen LogP contribution >= 0.6 is 11.8 Å². The topological polar surface area (TPSA) is 99.0 Å². The molecule has 9 heteroatoms. The fourth-order valence-corrected chi connectivity index (χ4v) is 3.63. The number of methoxy groups -OCH3 is 1. The number of thioether (sulfide) groups is 1. The van der Waals surface area contributed by atoms with Crippen molar-refractivity contribution in [3.63, 3.8) is 0 Å². The van der Waals surface area contributed by atoms with Crippen LogP contribution in [0.5, 0.6) is 0 Å². The number of ketones is 1. The van der Waals surface area contributed by atoms with Gasteiger partial charge in [0.25, 0.3) is 0 Å². The van der Waals surface area contributed by atoms with Crippen molar-refractivity contribution in [3.05, 3.63) is 33.5 Å². The summed E-state index contributed by atoms with van der Waals surface area (Å²) in [5.74, 6) is -0.130. The maximum atomic E-state index is 12.6. The van der Waals surface area contributed by atoms with E-state index in [0.717, 1.165) is 17.8 Å². The Kier molecular flexibility index (Phi) is 6.84. The largest absolute Gasteiger partial charge is 0.469 e. The summed E-state index contributed by atoms with van der Waals surface area (Å²) in [5, 5.41) is 6.92. The third-order valence-electron chi connectivity index (χ3n) is 4.14. The van der Waals surface area contributed by atoms with Crippen LogP contribution in [0.2, 0.25) is 0 Å². The Hall–Kier alpha value is -2.29. The third-order valence-corrected chi connectivity index (χ3v) is 5.12. The number of hydrogen-bond acceptors (Lipinski definition) is 6. The summed E-state index contributed by atoms with van der Waals surface area (Å²) in [4.78, 5) is 35.7. The molecule has 0 aromatic carbocycles. The van der Waals surface area contributed by atoms with Crippen molar-refractivity contribution in [2.24, 2.45) is 0 Å². The lowest BCUT2D eigenvalue weighted by molar-refractivity contribution is -0.140. The zero-order valence-electron chi connectivity index (χ0n) is 15.5. The molecule has 0 aliphatic rings. The molecule has 0 unspecified atom stereocenters. The highest BCUT2D eigenvalue weighted by Gasteiger charge is 2.18. The van der Waals surface area contributed by atoms with Crippen LogP contribution in [0.4, 0.5) is 0 Å². The minimum absolute atomic E-state index is 0.0362. The molecule has 26 heavy (non-hydrogen) atoms. The van der Waals surface area contributed by atoms with Gasteiger partial charge in [-0.1, -0.05) is 18.7 Å². The smallest absolute Gasteiger partial charge is 0.343 e. The van der Waals surface area contributed by atoms with Crippen LogP contribution in [0.25, 0.3) is 0 Å². The molecule has 2 rings (SSSR count). The first-order chi connectivity index (χ1) is 12.4. The number of nitrogens with zero attached hydrogens (tertiary/aromatic N) is 3. The molecule has 0 saturated heterocycles. The van der Waals surface area contributed by atoms with E-state index < -0.39 is 0 Å². The van der Waals surface area contributed by atoms with E-state index in [2.05, 4.69) is 14.9 Å². The van der Waals surface area contributed by atoms with E-state index in [1.165, 1.54) is 23.4 Å². The SMILES string of the molecule is CCCn1c(SCC(=O)c2cc(C)n(CCC(=O)OC)c2C)n[nH]c1=O. The van der Waals surface area contributed by atoms with Crippen LogP contribution in [0.15, 0.2) is 16.0 Å². The van der Waals surface area contributed by atoms with E-state index >= 15 is 0 Å². The summed E-state index contributed by atoms with van der Waals surface area (Å²) >= 11 is 1.24. The van der Waals surface area contributed by atoms with Crippen molar-refractivity contribution in [3.8, 4) is 0 Å². The minimum Gasteiger partial charge on any atom is -0.469 e. The molecule has 0 aliphatic heterocycles. The molecule has 8 nitrogen and oxygen atoms in total. The summed E-state index contributed by atoms with van der Waals surface area (Å²) < 4.78 is 8.15. The molecule has 0 spiro atoms. The van der Waals surface area contributed by atoms with Gasteiger partial charge >= 0.3 is 11.7 Å². The number of rotatable bonds is 9. The van der Waals surface area contributed by atoms with Crippen LogP contribution in [0.3, 0.4) is 0 Å². The van der Waals surface area contributed by atoms with Crippen LogP contribution < -0.4 is 5.69 Å². The molecule has 2 aromatic heterocycles. The number of aryl methyl sites for hydroxylation is 1. The summed E-state index contributed by atoms with van der Waals surface area (Å²) in [6.07, 6.45) is 1.06. The number of carbonyl (C=O) groups is 2. The lowest BCUT2D eigenvalue weighted by atomic mass is 10.2. The quantitative estimate of drug-likeness (QED) is 0.405. The number of esters is 1. The summed E-state index contributed by atoms with van der Waals surface area (Å²) in [7, 11) is 1.36. The van der Waals surface area contributed by atoms with Gasteiger partial charge in [0.05, 0.1) is 19.3 Å². The van der Waals surface area contributed by atoms with Crippen molar-refractivity contribution in [1.29, 1.82) is 0 Å². The number of hydrogen-bond donors (Lipinski definition) is 1. The second-order valence-electron chi connectivity index (χ2n) is 5.94. The summed E-state index contributed by atoms with van der Waals surface area (Å²) in [6, 6.07) is 1.83. The van der Waals surface area contributed by atoms with E-state index in [4.69, 9.17) is 0 Å². The Morgan fingerprint density at radius 3 is 2.65 bits per heavy atom. The third kappa shape index (κ3) is 4.46. The van der Waals surface area contributed by atoms with Gasteiger partial charge in [-0.2, -0.15) is 0 Å². The number of aromatic nitrogens is 4. The molecule has 2 heterocycles. The summed E-state index contributed by atoms with van der Waals surface area (Å²) in [5.41, 5.74) is 2.11. The highest BCUT2D eigenvalue weighted by atomic mass is 32.2. The summed E-state index contributed by atoms with van der Waals surface area (Å²) in [6.45, 7) is 6.78. The van der Waals surface area contributed by atoms with Crippen molar-refractivity contribution in [2.45, 2.75) is 51.9 Å². The van der Waals surface area contributed by atoms with Crippen LogP contribution in [-0.2, 0) is 22.6 Å². The van der Waals surface area contributed by atoms with Gasteiger partial charge < -0.3 is 9.30 Å². The number of nitrogens with one attached hydrogen (secondary N) is 1. The first-order valence-electron chi connectivity index (χ1n) is 8.43. The van der Waals surface area contributed by atoms with Gasteiger partial charge in [0, 0.05) is 30.0 Å². The number of H-pyrrole nitrogens is 1. The molecule has 0 fully saturated rings. The van der Waals surface area contributed by atoms with Gasteiger partial charge in [-0.3, -0.25) is 14.2 Å². The average molecular weight is 380 g/mol. The number of Topliss-reactive ketones (excluding diaryl/α,β-unsaturated/α-hetero) is 1. The predicted molar refractivity (Wildman–Crippen MR) is 98.7 cm³/mol. The van der Waals surface area contributed by atoms with Gasteiger partial charge in [0.2, 0.25) is 0 Å². The Balaban J connectivity index is 2.08. The Morgan fingerprint density at radius 1 is 1.27 bits per heavy atom. The molecule has 0 saturated carbocycles. The van der Waals surface area contributed by atoms with Crippen LogP contribution in [0.1, 0.15) is 41.5 Å². The molecule has 0 amide bonds. The Morgan fingerprint density at radius 2 is 2.00 bits per heavy atom. The van der Waals surface area contributed by atoms with Crippen LogP contribution in [0, 0.1) is 13.8 Å². The predicted octanol–water partition coefficient (Wildman–Crippen LogP) is 1.94. The second kappa shape index (κ2) is 8.88. The zero-order valence-corrected chi connectivity index (χ0v) is 16.3. The van der Waals surface area contributed by atoms with Gasteiger partial charge in [-0.25, -0.2) is 9.89 Å². The zero-order chi connectivity index (χ0) is 19.3. The van der Waals surface area contributed by atoms with Crippen molar-refractivity contribution < 1.29 is 14.3 Å². The second-order valence-corrected chi connectivity index (χ2v) is 6.88. The van der Waals surface area contributed by atoms with Gasteiger partial charge in [0.1, 0.15) is 0 Å². The molecule has 1 N–H and O–H groups in total. The first kappa shape index (κ1) is 20.0. The van der Waals surface area contributed by atoms with Crippen molar-refractivity contribution in [1.82, 2.24) is 19.3 Å². The molecule has 142 valence electrons. The van der Waals surface area contributed by atoms with E-state index in [0.29, 0.717) is 23.8 Å². The van der Waals surface area contributed by atoms with Crippen molar-refractivity contribution >= 4 is 23.5 Å². The first-order valence-corrected chi connectivity index (χ1v) is 9.42. The van der Waals surface area contributed by atoms with Gasteiger partial charge in [-0.15, -0.1) is 5.10 Å². The van der Waals surface area contributed by atoms with E-state index in [-0.39, 0.29) is 29.6 Å². The molecular weight excluding hydrogens is 356 g/mol. The van der Waals surface area contributed by atoms with Crippen LogP contribution in [-0.4, -0.2) is 43.9 Å². The lowest BCUT2D eigenvalue weighted by Crippen LogP contribution is -2.17. The highest BCUT2D eigenvalue weighted by Crippen LogP contribution is 2.20. The molecule has 0 radical (unpaired) electrons. The standard InChI is InChI=1S/C17H24N4O4S/c1-5-7-21-16(24)18-19-17(21)26-10-14(22)13-9-11(2)20(12(13)3)8-6-15(23)25-4/h9H,5-8,10H2,1-4H3,(H,18,24). The molecule has 0 aliphatic carbocycles. The van der Waals surface area contributed by atoms with E-state index in [1.807, 2.05) is 31.4 Å². The van der Waals surface area contributed by atoms with E-state index in [9.17, 15) is 14.4 Å². The average Bonchev–Trinajstić information content (AvgIpc) is 3.11. The number of ether oxygens (including phenoxy) is 1. The normalized spacial score (nSPS) is 10.9. The molecular formula is C17H24N4O4S. The highest BCUT2D eigenvalue weighted by molar-refractivity contribution is 7.99. The minimum atomic E-state index is -0.284. The van der Waals surface area contributed by atoms with Crippen molar-refractivity contribution in [2.75, 3.05) is 12.9 Å². The lowest BCUT2D eigenvalue weighted by Gasteiger charge is -2.09. The Bertz CT molecular complexity index is 850. The van der Waals surface area contributed by atoms with E-state index in [1.54, 1.807) is 0 Å². The maximum absolute atomic E-state index is 12.6. The number of aromatic amines is 1. The molecule has 2 aromatic rings.